The highest BCUT2D eigenvalue weighted by Gasteiger charge is 2.28. The van der Waals surface area contributed by atoms with E-state index >= 15 is 0 Å². The molecule has 0 amide bonds. The number of ether oxygens (including phenoxy) is 2. The van der Waals surface area contributed by atoms with Gasteiger partial charge >= 0.3 is 0 Å². The Balaban J connectivity index is 1.51. The van der Waals surface area contributed by atoms with E-state index in [1.54, 1.807) is 18.2 Å². The van der Waals surface area contributed by atoms with Crippen molar-refractivity contribution in [1.29, 1.82) is 0 Å². The predicted molar refractivity (Wildman–Crippen MR) is 114 cm³/mol. The smallest absolute Gasteiger partial charge is 0.234 e. The molecule has 4 aromatic rings. The second kappa shape index (κ2) is 7.81. The maximum Gasteiger partial charge on any atom is 0.234 e. The van der Waals surface area contributed by atoms with Crippen molar-refractivity contribution in [2.45, 2.75) is 16.5 Å². The summed E-state index contributed by atoms with van der Waals surface area (Å²) in [5.74, 6) is 1.64. The van der Waals surface area contributed by atoms with E-state index in [2.05, 4.69) is 10.3 Å². The summed E-state index contributed by atoms with van der Waals surface area (Å²) < 4.78 is 43.1. The quantitative estimate of drug-likeness (QED) is 0.477. The summed E-state index contributed by atoms with van der Waals surface area (Å²) in [6.07, 6.45) is 0. The zero-order valence-corrected chi connectivity index (χ0v) is 17.1. The average Bonchev–Trinajstić information content (AvgIpc) is 3.46. The van der Waals surface area contributed by atoms with Crippen LogP contribution in [0.5, 0.6) is 11.5 Å². The number of benzene rings is 3. The first-order valence-electron chi connectivity index (χ1n) is 9.60. The summed E-state index contributed by atoms with van der Waals surface area (Å²) >= 11 is 0. The highest BCUT2D eigenvalue weighted by atomic mass is 32.2. The number of aromatic nitrogens is 1. The molecule has 0 unspecified atom stereocenters. The van der Waals surface area contributed by atoms with Crippen LogP contribution in [0.15, 0.2) is 93.2 Å². The van der Waals surface area contributed by atoms with Crippen LogP contribution in [-0.2, 0) is 16.4 Å². The number of hydrogen-bond acceptors (Lipinski definition) is 7. The van der Waals surface area contributed by atoms with Crippen LogP contribution in [0.2, 0.25) is 0 Å². The van der Waals surface area contributed by atoms with Crippen molar-refractivity contribution in [2.24, 2.45) is 0 Å². The largest absolute Gasteiger partial charge is 0.454 e. The minimum atomic E-state index is -3.88. The summed E-state index contributed by atoms with van der Waals surface area (Å²) in [4.78, 5) is 4.48. The van der Waals surface area contributed by atoms with Gasteiger partial charge in [0.2, 0.25) is 33.4 Å². The third-order valence-electron chi connectivity index (χ3n) is 4.81. The second-order valence-electron chi connectivity index (χ2n) is 6.88. The van der Waals surface area contributed by atoms with Crippen molar-refractivity contribution in [3.05, 3.63) is 84.4 Å². The molecule has 0 spiro atoms. The molecule has 1 N–H and O–H groups in total. The summed E-state index contributed by atoms with van der Waals surface area (Å²) in [7, 11) is -3.88. The van der Waals surface area contributed by atoms with Crippen LogP contribution in [0.25, 0.3) is 11.5 Å². The fourth-order valence-electron chi connectivity index (χ4n) is 3.25. The second-order valence-corrected chi connectivity index (χ2v) is 8.74. The number of anilines is 1. The standard InChI is InChI=1S/C23H18N2O5S/c26-31(27,18-9-5-2-6-10-18)23-22(30-21(25-23)17-7-3-1-4-8-17)24-14-16-11-12-19-20(13-16)29-15-28-19/h1-13,24H,14-15H2. The van der Waals surface area contributed by atoms with Crippen molar-refractivity contribution >= 4 is 15.7 Å². The van der Waals surface area contributed by atoms with Gasteiger partial charge in [0.1, 0.15) is 0 Å². The number of hydrogen-bond donors (Lipinski definition) is 1. The third-order valence-corrected chi connectivity index (χ3v) is 6.49. The highest BCUT2D eigenvalue weighted by Crippen LogP contribution is 2.34. The van der Waals surface area contributed by atoms with Crippen molar-refractivity contribution in [2.75, 3.05) is 12.1 Å². The maximum atomic E-state index is 13.3. The monoisotopic (exact) mass is 434 g/mol. The molecule has 0 saturated carbocycles. The molecule has 7 nitrogen and oxygen atoms in total. The molecule has 2 heterocycles. The van der Waals surface area contributed by atoms with Crippen LogP contribution in [0.1, 0.15) is 5.56 Å². The van der Waals surface area contributed by atoms with Gasteiger partial charge in [0.25, 0.3) is 0 Å². The Bertz CT molecular complexity index is 1320. The van der Waals surface area contributed by atoms with Gasteiger partial charge in [0.15, 0.2) is 11.5 Å². The van der Waals surface area contributed by atoms with Gasteiger partial charge in [-0.1, -0.05) is 42.5 Å². The Morgan fingerprint density at radius 3 is 2.35 bits per heavy atom. The highest BCUT2D eigenvalue weighted by molar-refractivity contribution is 7.91. The van der Waals surface area contributed by atoms with E-state index in [0.717, 1.165) is 5.56 Å². The molecule has 0 fully saturated rings. The normalized spacial score (nSPS) is 12.6. The maximum absolute atomic E-state index is 13.3. The van der Waals surface area contributed by atoms with Gasteiger partial charge in [-0.25, -0.2) is 8.42 Å². The van der Waals surface area contributed by atoms with Gasteiger partial charge < -0.3 is 19.2 Å². The molecule has 0 aliphatic carbocycles. The Kier molecular flexibility index (Phi) is 4.83. The van der Waals surface area contributed by atoms with E-state index in [9.17, 15) is 8.42 Å². The van der Waals surface area contributed by atoms with Crippen molar-refractivity contribution in [1.82, 2.24) is 4.98 Å². The van der Waals surface area contributed by atoms with Crippen LogP contribution in [0, 0.1) is 0 Å². The van der Waals surface area contributed by atoms with Crippen LogP contribution >= 0.6 is 0 Å². The first-order valence-corrected chi connectivity index (χ1v) is 11.1. The number of oxazole rings is 1. The minimum absolute atomic E-state index is 0.0837. The lowest BCUT2D eigenvalue weighted by Gasteiger charge is -2.07. The number of nitrogens with one attached hydrogen (secondary N) is 1. The van der Waals surface area contributed by atoms with E-state index < -0.39 is 9.84 Å². The molecule has 0 atom stereocenters. The van der Waals surface area contributed by atoms with Crippen LogP contribution in [0.4, 0.5) is 5.88 Å². The molecule has 31 heavy (non-hydrogen) atoms. The van der Waals surface area contributed by atoms with Crippen molar-refractivity contribution in [3.8, 4) is 23.0 Å². The van der Waals surface area contributed by atoms with Gasteiger partial charge in [-0.05, 0) is 42.0 Å². The number of rotatable bonds is 6. The molecule has 1 aromatic heterocycles. The van der Waals surface area contributed by atoms with Crippen molar-refractivity contribution in [3.63, 3.8) is 0 Å². The fraction of sp³-hybridized carbons (Fsp3) is 0.0870. The molecule has 0 saturated heterocycles. The zero-order valence-electron chi connectivity index (χ0n) is 16.3. The lowest BCUT2D eigenvalue weighted by atomic mass is 10.2. The molecule has 5 rings (SSSR count). The summed E-state index contributed by atoms with van der Waals surface area (Å²) in [5, 5.41) is 2.93. The lowest BCUT2D eigenvalue weighted by molar-refractivity contribution is 0.174. The molecule has 8 heteroatoms. The minimum Gasteiger partial charge on any atom is -0.454 e. The first kappa shape index (κ1) is 19.2. The first-order chi connectivity index (χ1) is 15.1. The molecule has 1 aliphatic rings. The Labute approximate surface area is 179 Å². The molecular weight excluding hydrogens is 416 g/mol. The fourth-order valence-corrected chi connectivity index (χ4v) is 4.55. The number of nitrogens with zero attached hydrogens (tertiary/aromatic N) is 1. The van der Waals surface area contributed by atoms with Gasteiger partial charge in [-0.2, -0.15) is 4.98 Å². The summed E-state index contributed by atoms with van der Waals surface area (Å²) in [6, 6.07) is 22.9. The average molecular weight is 434 g/mol. The van der Waals surface area contributed by atoms with E-state index in [1.165, 1.54) is 12.1 Å². The number of fused-ring (bicyclic) bond motifs is 1. The molecule has 3 aromatic carbocycles. The van der Waals surface area contributed by atoms with Crippen LogP contribution in [-0.4, -0.2) is 20.2 Å². The molecule has 0 radical (unpaired) electrons. The molecule has 1 aliphatic heterocycles. The van der Waals surface area contributed by atoms with E-state index in [-0.39, 0.29) is 28.5 Å². The lowest BCUT2D eigenvalue weighted by Crippen LogP contribution is -2.07. The number of sulfone groups is 1. The zero-order chi connectivity index (χ0) is 21.3. The Morgan fingerprint density at radius 1 is 0.871 bits per heavy atom. The molecule has 156 valence electrons. The van der Waals surface area contributed by atoms with E-state index in [1.807, 2.05) is 48.5 Å². The summed E-state index contributed by atoms with van der Waals surface area (Å²) in [6.45, 7) is 0.506. The van der Waals surface area contributed by atoms with E-state index in [4.69, 9.17) is 13.9 Å². The van der Waals surface area contributed by atoms with Gasteiger partial charge in [0, 0.05) is 12.1 Å². The van der Waals surface area contributed by atoms with E-state index in [0.29, 0.717) is 23.6 Å². The van der Waals surface area contributed by atoms with Crippen LogP contribution in [0.3, 0.4) is 0 Å². The predicted octanol–water partition coefficient (Wildman–Crippen LogP) is 4.52. The third kappa shape index (κ3) is 3.73. The van der Waals surface area contributed by atoms with Crippen LogP contribution < -0.4 is 14.8 Å². The van der Waals surface area contributed by atoms with Gasteiger partial charge in [-0.3, -0.25) is 0 Å². The molecular formula is C23H18N2O5S. The molecule has 0 bridgehead atoms. The van der Waals surface area contributed by atoms with Gasteiger partial charge in [0.05, 0.1) is 4.90 Å². The Morgan fingerprint density at radius 2 is 1.58 bits per heavy atom. The topological polar surface area (TPSA) is 90.7 Å². The Hall–Kier alpha value is -3.78. The summed E-state index contributed by atoms with van der Waals surface area (Å²) in [5.41, 5.74) is 1.56. The van der Waals surface area contributed by atoms with Gasteiger partial charge in [-0.15, -0.1) is 0 Å². The van der Waals surface area contributed by atoms with Crippen molar-refractivity contribution < 1.29 is 22.3 Å². The SMILES string of the molecule is O=S(=O)(c1ccccc1)c1nc(-c2ccccc2)oc1NCc1ccc2c(c1)OCO2.